The fourth-order valence-corrected chi connectivity index (χ4v) is 2.87. The molecule has 0 fully saturated rings. The molecule has 126 valence electrons. The number of hydrogen-bond donors (Lipinski definition) is 1. The van der Waals surface area contributed by atoms with Crippen molar-refractivity contribution in [3.8, 4) is 11.3 Å². The monoisotopic (exact) mass is 323 g/mol. The van der Waals surface area contributed by atoms with Gasteiger partial charge in [0.05, 0.1) is 11.4 Å². The summed E-state index contributed by atoms with van der Waals surface area (Å²) in [6, 6.07) is 12.7. The number of H-pyrrole nitrogens is 1. The molecule has 0 aliphatic rings. The lowest BCUT2D eigenvalue weighted by molar-refractivity contribution is 0.249. The summed E-state index contributed by atoms with van der Waals surface area (Å²) < 4.78 is 2.20. The lowest BCUT2D eigenvalue weighted by Gasteiger charge is -2.23. The van der Waals surface area contributed by atoms with E-state index in [0.29, 0.717) is 6.04 Å². The summed E-state index contributed by atoms with van der Waals surface area (Å²) in [6.45, 7) is 6.28. The molecule has 1 atom stereocenters. The van der Waals surface area contributed by atoms with Crippen LogP contribution in [0.2, 0.25) is 0 Å². The molecule has 0 saturated carbocycles. The third kappa shape index (κ3) is 3.74. The van der Waals surface area contributed by atoms with Gasteiger partial charge in [-0.3, -0.25) is 10.00 Å². The molecule has 2 heterocycles. The predicted molar refractivity (Wildman–Crippen MR) is 96.6 cm³/mol. The van der Waals surface area contributed by atoms with E-state index in [1.54, 1.807) is 0 Å². The molecule has 1 N–H and O–H groups in total. The standard InChI is InChI=1S/C19H25N5/c1-15(23(3)11-7-12-24-13-10-20-16(24)2)18-14-19(22-21-18)17-8-5-4-6-9-17/h4-6,8-10,13-15H,7,11-12H2,1-3H3,(H,21,22). The van der Waals surface area contributed by atoms with Gasteiger partial charge in [0.2, 0.25) is 0 Å². The average molecular weight is 323 g/mol. The highest BCUT2D eigenvalue weighted by Crippen LogP contribution is 2.23. The Balaban J connectivity index is 1.56. The van der Waals surface area contributed by atoms with Gasteiger partial charge >= 0.3 is 0 Å². The van der Waals surface area contributed by atoms with Gasteiger partial charge < -0.3 is 4.57 Å². The molecule has 0 aliphatic heterocycles. The van der Waals surface area contributed by atoms with Crippen LogP contribution in [-0.4, -0.2) is 38.2 Å². The molecule has 0 spiro atoms. The van der Waals surface area contributed by atoms with E-state index in [1.807, 2.05) is 37.5 Å². The number of imidazole rings is 1. The number of rotatable bonds is 7. The predicted octanol–water partition coefficient (Wildman–Crippen LogP) is 3.66. The largest absolute Gasteiger partial charge is 0.335 e. The van der Waals surface area contributed by atoms with Crippen molar-refractivity contribution in [3.05, 3.63) is 60.3 Å². The van der Waals surface area contributed by atoms with E-state index < -0.39 is 0 Å². The lowest BCUT2D eigenvalue weighted by Crippen LogP contribution is -2.24. The summed E-state index contributed by atoms with van der Waals surface area (Å²) in [5.41, 5.74) is 3.29. The molecule has 0 amide bonds. The molecule has 0 saturated heterocycles. The quantitative estimate of drug-likeness (QED) is 0.722. The Kier molecular flexibility index (Phi) is 5.11. The summed E-state index contributed by atoms with van der Waals surface area (Å²) in [5.74, 6) is 1.08. The fourth-order valence-electron chi connectivity index (χ4n) is 2.87. The second kappa shape index (κ2) is 7.45. The van der Waals surface area contributed by atoms with Crippen LogP contribution in [0.3, 0.4) is 0 Å². The van der Waals surface area contributed by atoms with Crippen molar-refractivity contribution in [3.63, 3.8) is 0 Å². The van der Waals surface area contributed by atoms with Gasteiger partial charge in [0.25, 0.3) is 0 Å². The maximum atomic E-state index is 4.46. The fraction of sp³-hybridized carbons (Fsp3) is 0.368. The topological polar surface area (TPSA) is 49.7 Å². The molecule has 0 aliphatic carbocycles. The number of benzene rings is 1. The van der Waals surface area contributed by atoms with E-state index in [0.717, 1.165) is 42.3 Å². The van der Waals surface area contributed by atoms with Crippen LogP contribution in [0.15, 0.2) is 48.8 Å². The third-order valence-electron chi connectivity index (χ3n) is 4.61. The van der Waals surface area contributed by atoms with Crippen molar-refractivity contribution in [1.29, 1.82) is 0 Å². The van der Waals surface area contributed by atoms with Crippen molar-refractivity contribution in [1.82, 2.24) is 24.6 Å². The highest BCUT2D eigenvalue weighted by Gasteiger charge is 2.14. The van der Waals surface area contributed by atoms with Crippen LogP contribution in [0.25, 0.3) is 11.3 Å². The van der Waals surface area contributed by atoms with E-state index in [4.69, 9.17) is 0 Å². The molecule has 24 heavy (non-hydrogen) atoms. The Bertz CT molecular complexity index is 759. The van der Waals surface area contributed by atoms with Crippen molar-refractivity contribution in [2.24, 2.45) is 0 Å². The Morgan fingerprint density at radius 1 is 1.25 bits per heavy atom. The number of aromatic amines is 1. The van der Waals surface area contributed by atoms with Gasteiger partial charge in [0.15, 0.2) is 0 Å². The number of aromatic nitrogens is 4. The van der Waals surface area contributed by atoms with Crippen molar-refractivity contribution in [2.75, 3.05) is 13.6 Å². The first-order valence-corrected chi connectivity index (χ1v) is 8.44. The molecule has 5 heteroatoms. The number of nitrogens with zero attached hydrogens (tertiary/aromatic N) is 4. The summed E-state index contributed by atoms with van der Waals surface area (Å²) >= 11 is 0. The smallest absolute Gasteiger partial charge is 0.105 e. The maximum absolute atomic E-state index is 4.46. The van der Waals surface area contributed by atoms with Crippen LogP contribution < -0.4 is 0 Å². The molecule has 1 unspecified atom stereocenters. The Labute approximate surface area is 143 Å². The minimum absolute atomic E-state index is 0.304. The molecule has 1 aromatic carbocycles. The number of aryl methyl sites for hydroxylation is 2. The number of hydrogen-bond acceptors (Lipinski definition) is 3. The van der Waals surface area contributed by atoms with Crippen LogP contribution >= 0.6 is 0 Å². The maximum Gasteiger partial charge on any atom is 0.105 e. The van der Waals surface area contributed by atoms with Gasteiger partial charge in [-0.25, -0.2) is 4.98 Å². The molecule has 0 radical (unpaired) electrons. The van der Waals surface area contributed by atoms with Gasteiger partial charge in [-0.15, -0.1) is 0 Å². The summed E-state index contributed by atoms with van der Waals surface area (Å²) in [7, 11) is 2.16. The van der Waals surface area contributed by atoms with Gasteiger partial charge in [-0.2, -0.15) is 5.10 Å². The van der Waals surface area contributed by atoms with E-state index in [2.05, 4.69) is 56.8 Å². The first-order chi connectivity index (χ1) is 11.6. The van der Waals surface area contributed by atoms with Crippen molar-refractivity contribution in [2.45, 2.75) is 32.9 Å². The Morgan fingerprint density at radius 3 is 2.75 bits per heavy atom. The SMILES string of the molecule is Cc1nccn1CCCN(C)C(C)c1cc(-c2ccccc2)n[nH]1. The highest BCUT2D eigenvalue weighted by molar-refractivity contribution is 5.59. The summed E-state index contributed by atoms with van der Waals surface area (Å²) in [6.07, 6.45) is 4.99. The zero-order valence-corrected chi connectivity index (χ0v) is 14.6. The van der Waals surface area contributed by atoms with E-state index in [-0.39, 0.29) is 0 Å². The van der Waals surface area contributed by atoms with Crippen LogP contribution in [0.4, 0.5) is 0 Å². The van der Waals surface area contributed by atoms with Crippen LogP contribution in [0.5, 0.6) is 0 Å². The normalized spacial score (nSPS) is 12.7. The molecule has 2 aromatic heterocycles. The molecule has 5 nitrogen and oxygen atoms in total. The van der Waals surface area contributed by atoms with Gasteiger partial charge in [-0.05, 0) is 33.4 Å². The first kappa shape index (κ1) is 16.5. The Hall–Kier alpha value is -2.40. The second-order valence-corrected chi connectivity index (χ2v) is 6.25. The van der Waals surface area contributed by atoms with Crippen molar-refractivity contribution < 1.29 is 0 Å². The van der Waals surface area contributed by atoms with Gasteiger partial charge in [0.1, 0.15) is 5.82 Å². The molecular weight excluding hydrogens is 298 g/mol. The molecule has 3 aromatic rings. The Morgan fingerprint density at radius 2 is 2.04 bits per heavy atom. The van der Waals surface area contributed by atoms with E-state index >= 15 is 0 Å². The highest BCUT2D eigenvalue weighted by atomic mass is 15.2. The zero-order chi connectivity index (χ0) is 16.9. The van der Waals surface area contributed by atoms with Gasteiger partial charge in [0, 0.05) is 37.1 Å². The van der Waals surface area contributed by atoms with Gasteiger partial charge in [-0.1, -0.05) is 30.3 Å². The zero-order valence-electron chi connectivity index (χ0n) is 14.6. The molecular formula is C19H25N5. The first-order valence-electron chi connectivity index (χ1n) is 8.44. The van der Waals surface area contributed by atoms with Crippen LogP contribution in [0, 0.1) is 6.92 Å². The molecule has 3 rings (SSSR count). The molecule has 0 bridgehead atoms. The average Bonchev–Trinajstić information content (AvgIpc) is 3.24. The lowest BCUT2D eigenvalue weighted by atomic mass is 10.1. The third-order valence-corrected chi connectivity index (χ3v) is 4.61. The van der Waals surface area contributed by atoms with E-state index in [1.165, 1.54) is 0 Å². The minimum Gasteiger partial charge on any atom is -0.335 e. The van der Waals surface area contributed by atoms with E-state index in [9.17, 15) is 0 Å². The summed E-state index contributed by atoms with van der Waals surface area (Å²) in [4.78, 5) is 6.62. The number of nitrogens with one attached hydrogen (secondary N) is 1. The summed E-state index contributed by atoms with van der Waals surface area (Å²) in [5, 5.41) is 7.65. The van der Waals surface area contributed by atoms with Crippen molar-refractivity contribution >= 4 is 0 Å². The van der Waals surface area contributed by atoms with Crippen LogP contribution in [0.1, 0.15) is 30.9 Å². The minimum atomic E-state index is 0.304. The second-order valence-electron chi connectivity index (χ2n) is 6.25. The van der Waals surface area contributed by atoms with Crippen LogP contribution in [-0.2, 0) is 6.54 Å².